The molecule has 22 heavy (non-hydrogen) atoms. The van der Waals surface area contributed by atoms with Crippen LogP contribution in [0.25, 0.3) is 0 Å². The number of rotatable bonds is 5. The van der Waals surface area contributed by atoms with E-state index in [1.54, 1.807) is 0 Å². The van der Waals surface area contributed by atoms with E-state index in [-0.39, 0.29) is 18.0 Å². The first kappa shape index (κ1) is 16.9. The number of alkyl halides is 6. The summed E-state index contributed by atoms with van der Waals surface area (Å²) in [6, 6.07) is 3.39. The van der Waals surface area contributed by atoms with E-state index in [1.807, 2.05) is 0 Å². The Morgan fingerprint density at radius 1 is 0.955 bits per heavy atom. The second-order valence-electron chi connectivity index (χ2n) is 5.38. The Labute approximate surface area is 123 Å². The Kier molecular flexibility index (Phi) is 4.34. The first-order valence-electron chi connectivity index (χ1n) is 6.71. The topological polar surface area (TPSA) is 35.2 Å². The molecular formula is C14H15F6NO. The predicted octanol–water partition coefficient (Wildman–Crippen LogP) is 4.41. The maximum atomic E-state index is 13.3. The molecule has 0 bridgehead atoms. The van der Waals surface area contributed by atoms with Gasteiger partial charge in [0, 0.05) is 17.9 Å². The summed E-state index contributed by atoms with van der Waals surface area (Å²) in [5.41, 5.74) is 0.0553. The summed E-state index contributed by atoms with van der Waals surface area (Å²) >= 11 is 0. The SMILES string of the molecule is Nc1ccc(C(OCCC2CC2)(C(F)(F)F)C(F)(F)F)cc1. The highest BCUT2D eigenvalue weighted by atomic mass is 19.4. The number of anilines is 1. The molecule has 0 unspecified atom stereocenters. The van der Waals surface area contributed by atoms with Crippen LogP contribution in [0.1, 0.15) is 24.8 Å². The van der Waals surface area contributed by atoms with Gasteiger partial charge in [0.15, 0.2) is 0 Å². The molecule has 0 heterocycles. The summed E-state index contributed by atoms with van der Waals surface area (Å²) in [6.45, 7) is -0.603. The van der Waals surface area contributed by atoms with Crippen molar-refractivity contribution in [2.75, 3.05) is 12.3 Å². The van der Waals surface area contributed by atoms with E-state index in [9.17, 15) is 26.3 Å². The third-order valence-corrected chi connectivity index (χ3v) is 3.66. The molecule has 0 radical (unpaired) electrons. The average Bonchev–Trinajstić information content (AvgIpc) is 3.17. The molecule has 1 fully saturated rings. The van der Waals surface area contributed by atoms with Crippen LogP contribution in [0.2, 0.25) is 0 Å². The van der Waals surface area contributed by atoms with E-state index in [0.29, 0.717) is 12.1 Å². The first-order chi connectivity index (χ1) is 10.1. The Bertz CT molecular complexity index is 490. The fraction of sp³-hybridized carbons (Fsp3) is 0.571. The van der Waals surface area contributed by atoms with Crippen LogP contribution in [-0.4, -0.2) is 19.0 Å². The lowest BCUT2D eigenvalue weighted by atomic mass is 9.91. The Hall–Kier alpha value is -1.44. The minimum absolute atomic E-state index is 0.0694. The molecule has 0 atom stereocenters. The number of hydrogen-bond donors (Lipinski definition) is 1. The molecule has 2 rings (SSSR count). The third-order valence-electron chi connectivity index (χ3n) is 3.66. The van der Waals surface area contributed by atoms with Crippen molar-refractivity contribution in [1.82, 2.24) is 0 Å². The van der Waals surface area contributed by atoms with E-state index in [4.69, 9.17) is 5.73 Å². The molecule has 0 aromatic heterocycles. The number of halogens is 6. The number of benzene rings is 1. The summed E-state index contributed by atoms with van der Waals surface area (Å²) < 4.78 is 84.4. The minimum Gasteiger partial charge on any atom is -0.399 e. The summed E-state index contributed by atoms with van der Waals surface area (Å²) in [5.74, 6) is 0.158. The van der Waals surface area contributed by atoms with Gasteiger partial charge in [0.2, 0.25) is 0 Å². The lowest BCUT2D eigenvalue weighted by Gasteiger charge is -2.37. The van der Waals surface area contributed by atoms with Crippen LogP contribution in [0.15, 0.2) is 24.3 Å². The Morgan fingerprint density at radius 3 is 1.86 bits per heavy atom. The zero-order chi connectivity index (χ0) is 16.6. The second-order valence-corrected chi connectivity index (χ2v) is 5.38. The quantitative estimate of drug-likeness (QED) is 0.642. The molecule has 1 saturated carbocycles. The molecule has 1 aliphatic carbocycles. The molecule has 2 N–H and O–H groups in total. The lowest BCUT2D eigenvalue weighted by molar-refractivity contribution is -0.389. The summed E-state index contributed by atoms with van der Waals surface area (Å²) in [5, 5.41) is 0. The average molecular weight is 327 g/mol. The zero-order valence-electron chi connectivity index (χ0n) is 11.5. The van der Waals surface area contributed by atoms with Crippen molar-refractivity contribution in [3.05, 3.63) is 29.8 Å². The largest absolute Gasteiger partial charge is 0.430 e. The van der Waals surface area contributed by atoms with Crippen LogP contribution in [0.4, 0.5) is 32.0 Å². The van der Waals surface area contributed by atoms with Crippen LogP contribution in [0.3, 0.4) is 0 Å². The van der Waals surface area contributed by atoms with Crippen molar-refractivity contribution in [2.45, 2.75) is 37.2 Å². The number of hydrogen-bond acceptors (Lipinski definition) is 2. The van der Waals surface area contributed by atoms with Crippen LogP contribution in [-0.2, 0) is 10.3 Å². The smallest absolute Gasteiger partial charge is 0.399 e. The van der Waals surface area contributed by atoms with Crippen molar-refractivity contribution < 1.29 is 31.1 Å². The monoisotopic (exact) mass is 327 g/mol. The molecule has 1 aromatic rings. The first-order valence-corrected chi connectivity index (χ1v) is 6.71. The van der Waals surface area contributed by atoms with Crippen molar-refractivity contribution in [2.24, 2.45) is 5.92 Å². The van der Waals surface area contributed by atoms with Crippen molar-refractivity contribution in [1.29, 1.82) is 0 Å². The molecule has 0 spiro atoms. The highest BCUT2D eigenvalue weighted by Crippen LogP contribution is 2.53. The van der Waals surface area contributed by atoms with Crippen molar-refractivity contribution >= 4 is 5.69 Å². The van der Waals surface area contributed by atoms with Crippen LogP contribution >= 0.6 is 0 Å². The molecule has 1 aliphatic rings. The van der Waals surface area contributed by atoms with E-state index in [1.165, 1.54) is 0 Å². The highest BCUT2D eigenvalue weighted by molar-refractivity contribution is 5.42. The van der Waals surface area contributed by atoms with Gasteiger partial charge >= 0.3 is 12.4 Å². The molecule has 0 saturated heterocycles. The maximum absolute atomic E-state index is 13.3. The van der Waals surface area contributed by atoms with Gasteiger partial charge in [-0.05, 0) is 24.5 Å². The molecule has 2 nitrogen and oxygen atoms in total. The van der Waals surface area contributed by atoms with Crippen molar-refractivity contribution in [3.63, 3.8) is 0 Å². The van der Waals surface area contributed by atoms with Gasteiger partial charge in [-0.25, -0.2) is 0 Å². The van der Waals surface area contributed by atoms with Gasteiger partial charge in [-0.15, -0.1) is 0 Å². The summed E-state index contributed by atoms with van der Waals surface area (Å²) in [4.78, 5) is 0. The zero-order valence-corrected chi connectivity index (χ0v) is 11.5. The van der Waals surface area contributed by atoms with Crippen LogP contribution in [0, 0.1) is 5.92 Å². The normalized spacial score (nSPS) is 16.8. The van der Waals surface area contributed by atoms with E-state index in [0.717, 1.165) is 25.0 Å². The molecular weight excluding hydrogens is 312 g/mol. The Morgan fingerprint density at radius 2 is 1.45 bits per heavy atom. The van der Waals surface area contributed by atoms with Gasteiger partial charge < -0.3 is 10.5 Å². The second kappa shape index (κ2) is 5.64. The van der Waals surface area contributed by atoms with E-state index >= 15 is 0 Å². The number of ether oxygens (including phenoxy) is 1. The van der Waals surface area contributed by atoms with Crippen LogP contribution in [0.5, 0.6) is 0 Å². The molecule has 1 aromatic carbocycles. The number of nitrogen functional groups attached to an aromatic ring is 1. The van der Waals surface area contributed by atoms with E-state index in [2.05, 4.69) is 4.74 Å². The van der Waals surface area contributed by atoms with Gasteiger partial charge in [-0.2, -0.15) is 26.3 Å². The predicted molar refractivity (Wildman–Crippen MR) is 67.9 cm³/mol. The fourth-order valence-electron chi connectivity index (χ4n) is 2.24. The third kappa shape index (κ3) is 3.16. The molecule has 124 valence electrons. The van der Waals surface area contributed by atoms with E-state index < -0.39 is 30.1 Å². The highest BCUT2D eigenvalue weighted by Gasteiger charge is 2.73. The van der Waals surface area contributed by atoms with Crippen molar-refractivity contribution in [3.8, 4) is 0 Å². The van der Waals surface area contributed by atoms with Gasteiger partial charge in [0.1, 0.15) is 0 Å². The number of nitrogens with two attached hydrogens (primary N) is 1. The molecule has 8 heteroatoms. The molecule has 0 amide bonds. The maximum Gasteiger partial charge on any atom is 0.430 e. The summed E-state index contributed by atoms with van der Waals surface area (Å²) in [7, 11) is 0. The lowest BCUT2D eigenvalue weighted by Crippen LogP contribution is -2.56. The minimum atomic E-state index is -5.63. The van der Waals surface area contributed by atoms with Gasteiger partial charge in [0.25, 0.3) is 5.60 Å². The van der Waals surface area contributed by atoms with Gasteiger partial charge in [-0.1, -0.05) is 25.0 Å². The Balaban J connectivity index is 2.41. The standard InChI is InChI=1S/C14H15F6NO/c15-13(16,17)12(14(18,19)20,22-8-7-9-1-2-9)10-3-5-11(21)6-4-10/h3-6,9H,1-2,7-8,21H2. The molecule has 0 aliphatic heterocycles. The van der Waals surface area contributed by atoms with Crippen LogP contribution < -0.4 is 5.73 Å². The summed E-state index contributed by atoms with van der Waals surface area (Å²) in [6.07, 6.45) is -9.45. The van der Waals surface area contributed by atoms with Gasteiger partial charge in [-0.3, -0.25) is 0 Å². The van der Waals surface area contributed by atoms with Gasteiger partial charge in [0.05, 0.1) is 0 Å². The fourth-order valence-corrected chi connectivity index (χ4v) is 2.24.